The molecule has 2 aromatic heterocycles. The van der Waals surface area contributed by atoms with Gasteiger partial charge >= 0.3 is 0 Å². The Bertz CT molecular complexity index is 637. The van der Waals surface area contributed by atoms with Crippen molar-refractivity contribution in [1.29, 1.82) is 0 Å². The van der Waals surface area contributed by atoms with Crippen LogP contribution in [0.1, 0.15) is 27.9 Å². The number of aryl methyl sites for hydroxylation is 1. The van der Waals surface area contributed by atoms with Crippen molar-refractivity contribution in [3.05, 3.63) is 34.5 Å². The molecule has 106 valence electrons. The number of Topliss-reactive ketones (excluding diaryl/α,β-unsaturated/α-hetero) is 1. The zero-order valence-corrected chi connectivity index (χ0v) is 12.5. The van der Waals surface area contributed by atoms with Crippen LogP contribution in [0.4, 0.5) is 10.7 Å². The van der Waals surface area contributed by atoms with E-state index in [1.54, 1.807) is 13.3 Å². The molecule has 0 amide bonds. The number of methoxy groups -OCH3 is 1. The molecule has 0 aliphatic heterocycles. The highest BCUT2D eigenvalue weighted by molar-refractivity contribution is 7.19. The Morgan fingerprint density at radius 3 is 2.90 bits per heavy atom. The van der Waals surface area contributed by atoms with Gasteiger partial charge in [0.25, 0.3) is 0 Å². The maximum Gasteiger partial charge on any atom is 0.176 e. The third kappa shape index (κ3) is 2.75. The minimum atomic E-state index is -0.0622. The zero-order valence-electron chi connectivity index (χ0n) is 11.7. The van der Waals surface area contributed by atoms with Crippen LogP contribution in [0.5, 0.6) is 5.75 Å². The summed E-state index contributed by atoms with van der Waals surface area (Å²) in [4.78, 5) is 16.3. The molecule has 0 radical (unpaired) electrons. The lowest BCUT2D eigenvalue weighted by Gasteiger charge is -2.08. The van der Waals surface area contributed by atoms with Crippen LogP contribution in [0.2, 0.25) is 0 Å². The van der Waals surface area contributed by atoms with E-state index in [4.69, 9.17) is 10.5 Å². The predicted octanol–water partition coefficient (Wildman–Crippen LogP) is 2.86. The van der Waals surface area contributed by atoms with E-state index in [9.17, 15) is 4.79 Å². The van der Waals surface area contributed by atoms with Crippen LogP contribution in [0.15, 0.2) is 18.3 Å². The van der Waals surface area contributed by atoms with E-state index in [1.807, 2.05) is 19.1 Å². The van der Waals surface area contributed by atoms with E-state index < -0.39 is 0 Å². The van der Waals surface area contributed by atoms with Crippen LogP contribution in [0.25, 0.3) is 0 Å². The Morgan fingerprint density at radius 1 is 1.55 bits per heavy atom. The van der Waals surface area contributed by atoms with E-state index in [2.05, 4.69) is 10.3 Å². The number of aromatic nitrogens is 1. The van der Waals surface area contributed by atoms with Gasteiger partial charge in [0, 0.05) is 13.1 Å². The Kier molecular flexibility index (Phi) is 4.24. The molecule has 2 rings (SSSR count). The van der Waals surface area contributed by atoms with Gasteiger partial charge in [0.15, 0.2) is 11.5 Å². The average Bonchev–Trinajstić information content (AvgIpc) is 2.74. The molecule has 0 saturated heterocycles. The summed E-state index contributed by atoms with van der Waals surface area (Å²) in [6.45, 7) is 4.06. The second-order valence-electron chi connectivity index (χ2n) is 4.38. The van der Waals surface area contributed by atoms with E-state index >= 15 is 0 Å². The molecular weight excluding hydrogens is 274 g/mol. The van der Waals surface area contributed by atoms with Crippen LogP contribution in [0, 0.1) is 6.92 Å². The molecule has 0 fully saturated rings. The van der Waals surface area contributed by atoms with Crippen molar-refractivity contribution in [2.75, 3.05) is 18.2 Å². The van der Waals surface area contributed by atoms with E-state index in [0.29, 0.717) is 22.9 Å². The average molecular weight is 291 g/mol. The van der Waals surface area contributed by atoms with Gasteiger partial charge in [-0.1, -0.05) is 6.07 Å². The van der Waals surface area contributed by atoms with Crippen molar-refractivity contribution in [3.8, 4) is 5.75 Å². The third-order valence-corrected chi connectivity index (χ3v) is 4.20. The van der Waals surface area contributed by atoms with E-state index in [0.717, 1.165) is 16.3 Å². The van der Waals surface area contributed by atoms with Crippen molar-refractivity contribution in [2.45, 2.75) is 20.4 Å². The number of nitrogen functional groups attached to an aromatic ring is 1. The lowest BCUT2D eigenvalue weighted by atomic mass is 10.2. The molecule has 0 spiro atoms. The van der Waals surface area contributed by atoms with Crippen molar-refractivity contribution >= 4 is 27.8 Å². The minimum Gasteiger partial charge on any atom is -0.492 e. The topological polar surface area (TPSA) is 77.2 Å². The van der Waals surface area contributed by atoms with Crippen LogP contribution in [0.3, 0.4) is 0 Å². The molecule has 20 heavy (non-hydrogen) atoms. The molecule has 5 nitrogen and oxygen atoms in total. The fraction of sp³-hybridized carbons (Fsp3) is 0.286. The summed E-state index contributed by atoms with van der Waals surface area (Å²) in [5.74, 6) is 0.460. The maximum absolute atomic E-state index is 11.5. The number of anilines is 2. The number of rotatable bonds is 5. The number of hydrogen-bond donors (Lipinski definition) is 2. The molecule has 0 atom stereocenters. The second-order valence-corrected chi connectivity index (χ2v) is 5.40. The van der Waals surface area contributed by atoms with Crippen LogP contribution in [-0.4, -0.2) is 17.9 Å². The number of thiophene rings is 1. The number of nitrogens with two attached hydrogens (primary N) is 1. The first-order valence-electron chi connectivity index (χ1n) is 6.16. The molecule has 0 aliphatic carbocycles. The molecule has 6 heteroatoms. The fourth-order valence-electron chi connectivity index (χ4n) is 1.88. The number of hydrogen-bond acceptors (Lipinski definition) is 6. The number of carbonyl (C=O) groups is 1. The monoisotopic (exact) mass is 291 g/mol. The number of ketones is 1. The number of nitrogens with one attached hydrogen (secondary N) is 1. The highest BCUT2D eigenvalue weighted by Gasteiger charge is 2.19. The zero-order chi connectivity index (χ0) is 14.7. The normalized spacial score (nSPS) is 10.3. The lowest BCUT2D eigenvalue weighted by molar-refractivity contribution is 0.102. The summed E-state index contributed by atoms with van der Waals surface area (Å²) < 4.78 is 5.28. The van der Waals surface area contributed by atoms with Crippen molar-refractivity contribution < 1.29 is 9.53 Å². The van der Waals surface area contributed by atoms with Gasteiger partial charge in [0.05, 0.1) is 29.9 Å². The largest absolute Gasteiger partial charge is 0.492 e. The van der Waals surface area contributed by atoms with Crippen LogP contribution in [-0.2, 0) is 6.54 Å². The van der Waals surface area contributed by atoms with Crippen molar-refractivity contribution in [2.24, 2.45) is 0 Å². The first-order valence-corrected chi connectivity index (χ1v) is 6.97. The van der Waals surface area contributed by atoms with Crippen LogP contribution >= 0.6 is 11.3 Å². The third-order valence-electron chi connectivity index (χ3n) is 2.96. The molecule has 0 saturated carbocycles. The summed E-state index contributed by atoms with van der Waals surface area (Å²) in [7, 11) is 1.54. The standard InChI is InChI=1S/C14H17N3O2S/c1-8-5-4-6-16-10(8)7-17-14-12(19-3)11(15)13(20-14)9(2)18/h4-6,17H,7,15H2,1-3H3. The summed E-state index contributed by atoms with van der Waals surface area (Å²) in [6, 6.07) is 3.90. The SMILES string of the molecule is COc1c(NCc2ncccc2C)sc(C(C)=O)c1N. The Hall–Kier alpha value is -2.08. The first kappa shape index (κ1) is 14.3. The molecule has 3 N–H and O–H groups in total. The van der Waals surface area contributed by atoms with Gasteiger partial charge < -0.3 is 15.8 Å². The van der Waals surface area contributed by atoms with Gasteiger partial charge in [-0.25, -0.2) is 0 Å². The summed E-state index contributed by atoms with van der Waals surface area (Å²) >= 11 is 1.31. The van der Waals surface area contributed by atoms with Gasteiger partial charge in [-0.05, 0) is 18.6 Å². The van der Waals surface area contributed by atoms with Crippen molar-refractivity contribution in [3.63, 3.8) is 0 Å². The number of pyridine rings is 1. The quantitative estimate of drug-likeness (QED) is 0.828. The Morgan fingerprint density at radius 2 is 2.30 bits per heavy atom. The van der Waals surface area contributed by atoms with Gasteiger partial charge in [0.1, 0.15) is 5.00 Å². The Balaban J connectivity index is 2.24. The number of carbonyl (C=O) groups excluding carboxylic acids is 1. The first-order chi connectivity index (χ1) is 9.54. The van der Waals surface area contributed by atoms with E-state index in [-0.39, 0.29) is 5.78 Å². The second kappa shape index (κ2) is 5.92. The highest BCUT2D eigenvalue weighted by atomic mass is 32.1. The molecular formula is C14H17N3O2S. The minimum absolute atomic E-state index is 0.0622. The molecule has 0 aliphatic rings. The van der Waals surface area contributed by atoms with Gasteiger partial charge in [-0.2, -0.15) is 0 Å². The fourth-order valence-corrected chi connectivity index (χ4v) is 2.86. The Labute approximate surface area is 121 Å². The van der Waals surface area contributed by atoms with Crippen molar-refractivity contribution in [1.82, 2.24) is 4.98 Å². The van der Waals surface area contributed by atoms with Crippen LogP contribution < -0.4 is 15.8 Å². The molecule has 0 bridgehead atoms. The number of nitrogens with zero attached hydrogens (tertiary/aromatic N) is 1. The highest BCUT2D eigenvalue weighted by Crippen LogP contribution is 2.42. The smallest absolute Gasteiger partial charge is 0.176 e. The lowest BCUT2D eigenvalue weighted by Crippen LogP contribution is -2.03. The van der Waals surface area contributed by atoms with Gasteiger partial charge in [-0.3, -0.25) is 9.78 Å². The summed E-state index contributed by atoms with van der Waals surface area (Å²) in [5.41, 5.74) is 8.37. The molecule has 0 aromatic carbocycles. The molecule has 2 heterocycles. The number of ether oxygens (including phenoxy) is 1. The summed E-state index contributed by atoms with van der Waals surface area (Å²) in [5, 5.41) is 3.99. The molecule has 0 unspecified atom stereocenters. The molecule has 2 aromatic rings. The summed E-state index contributed by atoms with van der Waals surface area (Å²) in [6.07, 6.45) is 1.75. The predicted molar refractivity (Wildman–Crippen MR) is 81.6 cm³/mol. The van der Waals surface area contributed by atoms with Gasteiger partial charge in [-0.15, -0.1) is 11.3 Å². The van der Waals surface area contributed by atoms with Gasteiger partial charge in [0.2, 0.25) is 0 Å². The maximum atomic E-state index is 11.5. The van der Waals surface area contributed by atoms with E-state index in [1.165, 1.54) is 18.3 Å².